The Hall–Kier alpha value is -3.94. The highest BCUT2D eigenvalue weighted by molar-refractivity contribution is 7.93. The van der Waals surface area contributed by atoms with Crippen LogP contribution in [-0.4, -0.2) is 35.9 Å². The number of amidine groups is 1. The first-order valence-electron chi connectivity index (χ1n) is 10.9. The fourth-order valence-corrected chi connectivity index (χ4v) is 6.14. The highest BCUT2D eigenvalue weighted by atomic mass is 32.2. The van der Waals surface area contributed by atoms with Gasteiger partial charge in [-0.25, -0.2) is 22.2 Å². The Bertz CT molecular complexity index is 1560. The van der Waals surface area contributed by atoms with Crippen molar-refractivity contribution in [3.05, 3.63) is 89.0 Å². The van der Waals surface area contributed by atoms with Crippen molar-refractivity contribution in [1.29, 1.82) is 0 Å². The van der Waals surface area contributed by atoms with Crippen molar-refractivity contribution < 1.29 is 35.2 Å². The number of pyridine rings is 2. The quantitative estimate of drug-likeness (QED) is 0.471. The second-order valence-electron chi connectivity index (χ2n) is 9.00. The number of alkyl halides is 3. The maximum atomic E-state index is 15.0. The van der Waals surface area contributed by atoms with Crippen LogP contribution in [0.15, 0.2) is 59.9 Å². The van der Waals surface area contributed by atoms with Gasteiger partial charge >= 0.3 is 6.18 Å². The summed E-state index contributed by atoms with van der Waals surface area (Å²) >= 11 is 0. The lowest BCUT2D eigenvalue weighted by Gasteiger charge is -2.39. The molecule has 0 spiro atoms. The summed E-state index contributed by atoms with van der Waals surface area (Å²) in [4.78, 5) is 24.2. The number of nitrogens with two attached hydrogens (primary N) is 1. The number of halogens is 5. The molecule has 1 aromatic carbocycles. The molecule has 1 amide bonds. The Kier molecular flexibility index (Phi) is 6.50. The molecule has 0 unspecified atom stereocenters. The molecule has 0 bridgehead atoms. The number of benzene rings is 1. The van der Waals surface area contributed by atoms with Gasteiger partial charge < -0.3 is 11.1 Å². The average molecular weight is 554 g/mol. The first-order valence-corrected chi connectivity index (χ1v) is 12.6. The van der Waals surface area contributed by atoms with Gasteiger partial charge in [0.1, 0.15) is 28.7 Å². The summed E-state index contributed by atoms with van der Waals surface area (Å²) in [6.45, 7) is 2.38. The highest BCUT2D eigenvalue weighted by Gasteiger charge is 2.54. The van der Waals surface area contributed by atoms with Crippen molar-refractivity contribution in [1.82, 2.24) is 9.97 Å². The zero-order valence-electron chi connectivity index (χ0n) is 19.8. The lowest BCUT2D eigenvalue weighted by atomic mass is 9.92. The number of nitrogens with one attached hydrogen (secondary N) is 1. The topological polar surface area (TPSA) is 127 Å². The van der Waals surface area contributed by atoms with Crippen molar-refractivity contribution in [2.45, 2.75) is 30.3 Å². The molecule has 38 heavy (non-hydrogen) atoms. The SMILES string of the molecule is C[C@@]1(c2cc(NC(=O)c3ccc(F)cn3)ccc2F)CS(=O)(=O)[C@@](C)(c2cc(C(F)(F)F)ccn2)C(N)=N1. The van der Waals surface area contributed by atoms with E-state index in [0.29, 0.717) is 12.1 Å². The van der Waals surface area contributed by atoms with E-state index in [-0.39, 0.29) is 16.9 Å². The molecular weight excluding hydrogens is 533 g/mol. The van der Waals surface area contributed by atoms with Crippen LogP contribution in [0.25, 0.3) is 0 Å². The van der Waals surface area contributed by atoms with Gasteiger partial charge in [0.2, 0.25) is 0 Å². The molecule has 0 fully saturated rings. The van der Waals surface area contributed by atoms with Gasteiger partial charge in [0.25, 0.3) is 5.91 Å². The molecule has 1 aliphatic rings. The van der Waals surface area contributed by atoms with Gasteiger partial charge in [0.15, 0.2) is 14.6 Å². The van der Waals surface area contributed by atoms with Gasteiger partial charge in [-0.3, -0.25) is 14.8 Å². The number of carbonyl (C=O) groups excluding carboxylic acids is 1. The van der Waals surface area contributed by atoms with Gasteiger partial charge in [0, 0.05) is 17.4 Å². The van der Waals surface area contributed by atoms with E-state index in [1.54, 1.807) is 0 Å². The Balaban J connectivity index is 1.75. The molecule has 2 atom stereocenters. The zero-order valence-corrected chi connectivity index (χ0v) is 20.7. The molecule has 2 aromatic heterocycles. The fourth-order valence-electron chi connectivity index (χ4n) is 4.10. The van der Waals surface area contributed by atoms with E-state index in [9.17, 15) is 35.2 Å². The summed E-state index contributed by atoms with van der Waals surface area (Å²) in [7, 11) is -4.43. The van der Waals surface area contributed by atoms with E-state index in [1.807, 2.05) is 0 Å². The third-order valence-corrected chi connectivity index (χ3v) is 8.89. The number of anilines is 1. The summed E-state index contributed by atoms with van der Waals surface area (Å²) < 4.78 is 92.7. The Labute approximate surface area is 213 Å². The van der Waals surface area contributed by atoms with Crippen molar-refractivity contribution in [3.8, 4) is 0 Å². The second kappa shape index (κ2) is 9.11. The van der Waals surface area contributed by atoms with Crippen LogP contribution in [-0.2, 0) is 26.3 Å². The first-order chi connectivity index (χ1) is 17.6. The Morgan fingerprint density at radius 1 is 1.05 bits per heavy atom. The van der Waals surface area contributed by atoms with Gasteiger partial charge in [0.05, 0.1) is 23.2 Å². The summed E-state index contributed by atoms with van der Waals surface area (Å²) in [5.74, 6) is -3.67. The van der Waals surface area contributed by atoms with E-state index in [2.05, 4.69) is 20.3 Å². The Morgan fingerprint density at radius 3 is 2.37 bits per heavy atom. The van der Waals surface area contributed by atoms with Crippen LogP contribution in [0, 0.1) is 11.6 Å². The van der Waals surface area contributed by atoms with E-state index >= 15 is 0 Å². The largest absolute Gasteiger partial charge is 0.416 e. The number of amides is 1. The van der Waals surface area contributed by atoms with Crippen molar-refractivity contribution in [2.24, 2.45) is 10.7 Å². The standard InChI is InChI=1S/C24H20F5N5O3S/c1-22(16-10-15(4-5-17(16)26)33-20(35)18-6-3-14(25)11-32-18)12-38(36,37)23(2,21(30)34-22)19-9-13(7-8-31-19)24(27,28)29/h3-11H,12H2,1-2H3,(H2,30,34)(H,33,35)/t22-,23-/m0/s1. The molecule has 0 saturated heterocycles. The fraction of sp³-hybridized carbons (Fsp3) is 0.250. The van der Waals surface area contributed by atoms with Crippen LogP contribution in [0.4, 0.5) is 27.6 Å². The molecule has 1 aliphatic heterocycles. The molecule has 0 saturated carbocycles. The molecule has 14 heteroatoms. The molecule has 3 N–H and O–H groups in total. The first kappa shape index (κ1) is 27.1. The average Bonchev–Trinajstić information content (AvgIpc) is 2.83. The van der Waals surface area contributed by atoms with Crippen LogP contribution >= 0.6 is 0 Å². The predicted molar refractivity (Wildman–Crippen MR) is 128 cm³/mol. The van der Waals surface area contributed by atoms with Crippen LogP contribution in [0.3, 0.4) is 0 Å². The third kappa shape index (κ3) is 4.71. The molecule has 8 nitrogen and oxygen atoms in total. The monoisotopic (exact) mass is 553 g/mol. The van der Waals surface area contributed by atoms with Crippen LogP contribution in [0.5, 0.6) is 0 Å². The van der Waals surface area contributed by atoms with Crippen LogP contribution in [0.2, 0.25) is 0 Å². The van der Waals surface area contributed by atoms with E-state index in [4.69, 9.17) is 5.73 Å². The minimum Gasteiger partial charge on any atom is -0.386 e. The number of aromatic nitrogens is 2. The summed E-state index contributed by atoms with van der Waals surface area (Å²) in [6, 6.07) is 6.80. The normalized spacial score (nSPS) is 23.0. The number of aliphatic imine (C=N–C) groups is 1. The van der Waals surface area contributed by atoms with Crippen LogP contribution < -0.4 is 11.1 Å². The minimum absolute atomic E-state index is 0.0535. The number of hydrogen-bond donors (Lipinski definition) is 2. The van der Waals surface area contributed by atoms with Crippen LogP contribution in [0.1, 0.15) is 41.2 Å². The summed E-state index contributed by atoms with van der Waals surface area (Å²) in [6.07, 6.45) is -3.10. The third-order valence-electron chi connectivity index (χ3n) is 6.29. The molecule has 0 radical (unpaired) electrons. The molecular formula is C24H20F5N5O3S. The van der Waals surface area contributed by atoms with E-state index in [0.717, 1.165) is 43.6 Å². The minimum atomic E-state index is -4.76. The van der Waals surface area contributed by atoms with E-state index in [1.165, 1.54) is 13.0 Å². The number of sulfone groups is 1. The number of hydrogen-bond acceptors (Lipinski definition) is 7. The van der Waals surface area contributed by atoms with Gasteiger partial charge in [-0.05, 0) is 56.3 Å². The number of carbonyl (C=O) groups is 1. The number of nitrogens with zero attached hydrogens (tertiary/aromatic N) is 3. The molecule has 3 aromatic rings. The molecule has 0 aliphatic carbocycles. The van der Waals surface area contributed by atoms with Gasteiger partial charge in [-0.2, -0.15) is 13.2 Å². The summed E-state index contributed by atoms with van der Waals surface area (Å²) in [5, 5.41) is 2.46. The van der Waals surface area contributed by atoms with Crippen molar-refractivity contribution in [2.75, 3.05) is 11.1 Å². The highest BCUT2D eigenvalue weighted by Crippen LogP contribution is 2.43. The van der Waals surface area contributed by atoms with Crippen molar-refractivity contribution in [3.63, 3.8) is 0 Å². The molecule has 3 heterocycles. The molecule has 200 valence electrons. The summed E-state index contributed by atoms with van der Waals surface area (Å²) in [5.41, 5.74) is 2.34. The lowest BCUT2D eigenvalue weighted by Crippen LogP contribution is -2.55. The zero-order chi connectivity index (χ0) is 28.1. The second-order valence-corrected chi connectivity index (χ2v) is 11.3. The number of rotatable bonds is 4. The Morgan fingerprint density at radius 2 is 1.76 bits per heavy atom. The lowest BCUT2D eigenvalue weighted by molar-refractivity contribution is -0.137. The van der Waals surface area contributed by atoms with Gasteiger partial charge in [-0.15, -0.1) is 0 Å². The maximum absolute atomic E-state index is 15.0. The maximum Gasteiger partial charge on any atom is 0.416 e. The smallest absolute Gasteiger partial charge is 0.386 e. The predicted octanol–water partition coefficient (Wildman–Crippen LogP) is 3.94. The van der Waals surface area contributed by atoms with E-state index < -0.39 is 66.7 Å². The van der Waals surface area contributed by atoms with Crippen molar-refractivity contribution >= 4 is 27.3 Å². The molecule has 4 rings (SSSR count). The van der Waals surface area contributed by atoms with Gasteiger partial charge in [-0.1, -0.05) is 0 Å².